The third kappa shape index (κ3) is 3.01. The lowest BCUT2D eigenvalue weighted by molar-refractivity contribution is -0.139. The number of allylic oxidation sites excluding steroid dienone is 2. The summed E-state index contributed by atoms with van der Waals surface area (Å²) in [5, 5.41) is 8.39. The standard InChI is InChI=1S/C19H25N3O3/c23-19(13-4-2-1-3-5-13)22-9-8-15-14(11-22)10-16(24-15)18-21-20-17(25-18)12-6-7-12/h1-2,12-16H,3-11H2/t13?,14-,15-,16+/m0/s1. The van der Waals surface area contributed by atoms with Crippen LogP contribution >= 0.6 is 0 Å². The van der Waals surface area contributed by atoms with Gasteiger partial charge in [0.25, 0.3) is 0 Å². The van der Waals surface area contributed by atoms with Gasteiger partial charge >= 0.3 is 0 Å². The van der Waals surface area contributed by atoms with Gasteiger partial charge in [-0.15, -0.1) is 10.2 Å². The lowest BCUT2D eigenvalue weighted by atomic mass is 9.89. The highest BCUT2D eigenvalue weighted by atomic mass is 16.5. The molecule has 2 aliphatic carbocycles. The molecule has 1 aromatic heterocycles. The van der Waals surface area contributed by atoms with Gasteiger partial charge < -0.3 is 14.1 Å². The molecule has 6 nitrogen and oxygen atoms in total. The molecule has 2 aliphatic heterocycles. The number of ether oxygens (including phenoxy) is 1. The summed E-state index contributed by atoms with van der Waals surface area (Å²) in [6.45, 7) is 1.62. The second-order valence-corrected chi connectivity index (χ2v) is 7.97. The Balaban J connectivity index is 1.22. The Labute approximate surface area is 147 Å². The highest BCUT2D eigenvalue weighted by molar-refractivity contribution is 5.79. The van der Waals surface area contributed by atoms with E-state index in [9.17, 15) is 4.79 Å². The first-order chi connectivity index (χ1) is 12.3. The van der Waals surface area contributed by atoms with Crippen molar-refractivity contribution in [2.75, 3.05) is 13.1 Å². The number of carbonyl (C=O) groups excluding carboxylic acids is 1. The van der Waals surface area contributed by atoms with E-state index in [-0.39, 0.29) is 18.1 Å². The van der Waals surface area contributed by atoms with Crippen LogP contribution in [0.5, 0.6) is 0 Å². The molecule has 4 aliphatic rings. The molecule has 0 N–H and O–H groups in total. The molecule has 2 saturated heterocycles. The van der Waals surface area contributed by atoms with Crippen LogP contribution in [0.1, 0.15) is 68.7 Å². The van der Waals surface area contributed by atoms with E-state index in [4.69, 9.17) is 9.15 Å². The number of hydrogen-bond donors (Lipinski definition) is 0. The molecule has 25 heavy (non-hydrogen) atoms. The molecule has 3 heterocycles. The molecule has 6 heteroatoms. The van der Waals surface area contributed by atoms with E-state index in [2.05, 4.69) is 27.2 Å². The smallest absolute Gasteiger partial charge is 0.245 e. The largest absolute Gasteiger partial charge is 0.422 e. The van der Waals surface area contributed by atoms with Gasteiger partial charge in [0.2, 0.25) is 17.7 Å². The van der Waals surface area contributed by atoms with Gasteiger partial charge in [0, 0.05) is 30.8 Å². The van der Waals surface area contributed by atoms with Gasteiger partial charge in [-0.1, -0.05) is 12.2 Å². The molecule has 0 aromatic carbocycles. The SMILES string of the molecule is O=C(C1CC=CCC1)N1CC[C@@H]2O[C@@H](c3nnc(C4CC4)o3)C[C@H]2C1. The molecular weight excluding hydrogens is 318 g/mol. The second kappa shape index (κ2) is 6.24. The number of piperidine rings is 1. The molecule has 5 rings (SSSR count). The maximum Gasteiger partial charge on any atom is 0.245 e. The molecule has 4 atom stereocenters. The average molecular weight is 343 g/mol. The van der Waals surface area contributed by atoms with Crippen LogP contribution in [0.3, 0.4) is 0 Å². The minimum atomic E-state index is -0.0948. The average Bonchev–Trinajstić information content (AvgIpc) is 3.23. The van der Waals surface area contributed by atoms with Crippen molar-refractivity contribution in [1.29, 1.82) is 0 Å². The highest BCUT2D eigenvalue weighted by Crippen LogP contribution is 2.43. The van der Waals surface area contributed by atoms with Crippen LogP contribution in [-0.4, -0.2) is 40.2 Å². The van der Waals surface area contributed by atoms with E-state index < -0.39 is 0 Å². The van der Waals surface area contributed by atoms with E-state index >= 15 is 0 Å². The van der Waals surface area contributed by atoms with Crippen LogP contribution in [-0.2, 0) is 9.53 Å². The predicted octanol–water partition coefficient (Wildman–Crippen LogP) is 2.98. The Morgan fingerprint density at radius 2 is 2.00 bits per heavy atom. The zero-order valence-corrected chi connectivity index (χ0v) is 14.5. The number of nitrogens with zero attached hydrogens (tertiary/aromatic N) is 3. The van der Waals surface area contributed by atoms with E-state index in [0.717, 1.165) is 63.9 Å². The number of hydrogen-bond acceptors (Lipinski definition) is 5. The Morgan fingerprint density at radius 3 is 2.80 bits per heavy atom. The third-order valence-corrected chi connectivity index (χ3v) is 6.11. The third-order valence-electron chi connectivity index (χ3n) is 6.11. The molecule has 1 unspecified atom stereocenters. The minimum absolute atomic E-state index is 0.0948. The van der Waals surface area contributed by atoms with Gasteiger partial charge in [0.1, 0.15) is 6.10 Å². The fourth-order valence-electron chi connectivity index (χ4n) is 4.46. The Morgan fingerprint density at radius 1 is 1.12 bits per heavy atom. The Kier molecular flexibility index (Phi) is 3.88. The fourth-order valence-corrected chi connectivity index (χ4v) is 4.46. The molecule has 1 aromatic rings. The maximum absolute atomic E-state index is 12.8. The minimum Gasteiger partial charge on any atom is -0.422 e. The fraction of sp³-hybridized carbons (Fsp3) is 0.737. The van der Waals surface area contributed by atoms with Gasteiger partial charge in [-0.05, 0) is 44.9 Å². The molecule has 0 radical (unpaired) electrons. The van der Waals surface area contributed by atoms with Crippen LogP contribution in [0.2, 0.25) is 0 Å². The summed E-state index contributed by atoms with van der Waals surface area (Å²) in [6.07, 6.45) is 11.5. The lowest BCUT2D eigenvalue weighted by Crippen LogP contribution is -2.46. The zero-order valence-electron chi connectivity index (χ0n) is 14.5. The van der Waals surface area contributed by atoms with Crippen molar-refractivity contribution >= 4 is 5.91 Å². The summed E-state index contributed by atoms with van der Waals surface area (Å²) in [6, 6.07) is 0. The van der Waals surface area contributed by atoms with Crippen LogP contribution in [0.4, 0.5) is 0 Å². The summed E-state index contributed by atoms with van der Waals surface area (Å²) in [4.78, 5) is 14.9. The monoisotopic (exact) mass is 343 g/mol. The topological polar surface area (TPSA) is 68.5 Å². The van der Waals surface area contributed by atoms with Crippen molar-refractivity contribution in [1.82, 2.24) is 15.1 Å². The summed E-state index contributed by atoms with van der Waals surface area (Å²) >= 11 is 0. The first kappa shape index (κ1) is 15.6. The van der Waals surface area contributed by atoms with Gasteiger partial charge in [0.15, 0.2) is 0 Å². The molecule has 0 spiro atoms. The number of fused-ring (bicyclic) bond motifs is 1. The maximum atomic E-state index is 12.8. The first-order valence-electron chi connectivity index (χ1n) is 9.70. The van der Waals surface area contributed by atoms with Crippen molar-refractivity contribution < 1.29 is 13.9 Å². The van der Waals surface area contributed by atoms with Crippen molar-refractivity contribution in [3.05, 3.63) is 23.9 Å². The summed E-state index contributed by atoms with van der Waals surface area (Å²) in [5.74, 6) is 2.78. The van der Waals surface area contributed by atoms with Gasteiger partial charge in [-0.25, -0.2) is 0 Å². The summed E-state index contributed by atoms with van der Waals surface area (Å²) < 4.78 is 12.0. The normalized spacial score (nSPS) is 35.0. The lowest BCUT2D eigenvalue weighted by Gasteiger charge is -2.36. The van der Waals surface area contributed by atoms with E-state index in [1.165, 1.54) is 0 Å². The van der Waals surface area contributed by atoms with Crippen LogP contribution in [0.15, 0.2) is 16.6 Å². The number of likely N-dealkylation sites (tertiary alicyclic amines) is 1. The van der Waals surface area contributed by atoms with Gasteiger partial charge in [-0.3, -0.25) is 4.79 Å². The van der Waals surface area contributed by atoms with Crippen molar-refractivity contribution in [3.8, 4) is 0 Å². The second-order valence-electron chi connectivity index (χ2n) is 7.97. The van der Waals surface area contributed by atoms with Crippen LogP contribution in [0.25, 0.3) is 0 Å². The number of aromatic nitrogens is 2. The predicted molar refractivity (Wildman–Crippen MR) is 89.7 cm³/mol. The Bertz CT molecular complexity index is 681. The van der Waals surface area contributed by atoms with Crippen molar-refractivity contribution in [2.24, 2.45) is 11.8 Å². The van der Waals surface area contributed by atoms with E-state index in [1.54, 1.807) is 0 Å². The quantitative estimate of drug-likeness (QED) is 0.789. The molecule has 3 fully saturated rings. The molecular formula is C19H25N3O3. The van der Waals surface area contributed by atoms with Gasteiger partial charge in [0.05, 0.1) is 6.10 Å². The van der Waals surface area contributed by atoms with Crippen molar-refractivity contribution in [3.63, 3.8) is 0 Å². The van der Waals surface area contributed by atoms with E-state index in [0.29, 0.717) is 23.6 Å². The number of rotatable bonds is 3. The molecule has 134 valence electrons. The molecule has 1 saturated carbocycles. The van der Waals surface area contributed by atoms with Crippen LogP contribution in [0, 0.1) is 11.8 Å². The van der Waals surface area contributed by atoms with Crippen molar-refractivity contribution in [2.45, 2.75) is 63.1 Å². The number of amides is 1. The highest BCUT2D eigenvalue weighted by Gasteiger charge is 2.43. The van der Waals surface area contributed by atoms with Gasteiger partial charge in [-0.2, -0.15) is 0 Å². The Hall–Kier alpha value is -1.69. The molecule has 0 bridgehead atoms. The first-order valence-corrected chi connectivity index (χ1v) is 9.70. The van der Waals surface area contributed by atoms with E-state index in [1.807, 2.05) is 0 Å². The summed E-state index contributed by atoms with van der Waals surface area (Å²) in [7, 11) is 0. The number of carbonyl (C=O) groups is 1. The molecule has 1 amide bonds. The zero-order chi connectivity index (χ0) is 16.8. The summed E-state index contributed by atoms with van der Waals surface area (Å²) in [5.41, 5.74) is 0. The van der Waals surface area contributed by atoms with Crippen LogP contribution < -0.4 is 0 Å².